The lowest BCUT2D eigenvalue weighted by Gasteiger charge is -1.94. The van der Waals surface area contributed by atoms with Crippen LogP contribution in [0.5, 0.6) is 0 Å². The molecule has 0 aromatic rings. The minimum atomic E-state index is 0.118. The summed E-state index contributed by atoms with van der Waals surface area (Å²) < 4.78 is 0. The number of guanidine groups is 1. The molecule has 0 bridgehead atoms. The fourth-order valence-corrected chi connectivity index (χ4v) is 0.694. The van der Waals surface area contributed by atoms with Gasteiger partial charge in [-0.2, -0.15) is 0 Å². The van der Waals surface area contributed by atoms with E-state index in [9.17, 15) is 4.79 Å². The second-order valence-electron chi connectivity index (χ2n) is 2.47. The summed E-state index contributed by atoms with van der Waals surface area (Å²) >= 11 is 0. The molecule has 0 aliphatic heterocycles. The van der Waals surface area contributed by atoms with Crippen molar-refractivity contribution in [3.05, 3.63) is 0 Å². The summed E-state index contributed by atoms with van der Waals surface area (Å²) in [5, 5.41) is 0. The van der Waals surface area contributed by atoms with E-state index in [1.165, 1.54) is 0 Å². The first kappa shape index (κ1) is 19.5. The largest absolute Gasteiger partial charge is 0.370 e. The van der Waals surface area contributed by atoms with E-state index in [4.69, 9.17) is 11.5 Å². The van der Waals surface area contributed by atoms with Crippen LogP contribution in [0.25, 0.3) is 0 Å². The monoisotopic (exact) mass is 217 g/mol. The molecule has 4 heteroatoms. The standard InChI is InChI=1S/C7H15N3O.2C2H6/c1-6(11)4-2-3-5-10-7(8)9;2*1-2/h2-5H2,1H3,(H4,8,9,10);2*1-2H3. The van der Waals surface area contributed by atoms with Gasteiger partial charge in [0.2, 0.25) is 0 Å². The van der Waals surface area contributed by atoms with Gasteiger partial charge in [-0.1, -0.05) is 27.7 Å². The highest BCUT2D eigenvalue weighted by atomic mass is 16.1. The van der Waals surface area contributed by atoms with Crippen LogP contribution < -0.4 is 11.5 Å². The average Bonchev–Trinajstić information content (AvgIpc) is 2.22. The van der Waals surface area contributed by atoms with Crippen molar-refractivity contribution >= 4 is 11.7 Å². The van der Waals surface area contributed by atoms with Crippen LogP contribution in [-0.4, -0.2) is 18.3 Å². The molecule has 0 saturated heterocycles. The molecule has 0 amide bonds. The van der Waals surface area contributed by atoms with Crippen LogP contribution in [0.3, 0.4) is 0 Å². The Labute approximate surface area is 94.1 Å². The quantitative estimate of drug-likeness (QED) is 0.420. The fraction of sp³-hybridized carbons (Fsp3) is 0.818. The molecule has 0 aliphatic rings. The minimum Gasteiger partial charge on any atom is -0.370 e. The maximum atomic E-state index is 10.5. The molecule has 92 valence electrons. The first-order valence-corrected chi connectivity index (χ1v) is 5.67. The van der Waals surface area contributed by atoms with Crippen LogP contribution in [-0.2, 0) is 4.79 Å². The van der Waals surface area contributed by atoms with Gasteiger partial charge in [-0.25, -0.2) is 0 Å². The third-order valence-electron chi connectivity index (χ3n) is 1.23. The van der Waals surface area contributed by atoms with Crippen molar-refractivity contribution in [2.24, 2.45) is 16.5 Å². The SMILES string of the molecule is CC.CC.CC(=O)CCCCN=C(N)N. The lowest BCUT2D eigenvalue weighted by molar-refractivity contribution is -0.117. The molecular weight excluding hydrogens is 190 g/mol. The number of Topliss-reactive ketones (excluding diaryl/α,β-unsaturated/α-hetero) is 1. The van der Waals surface area contributed by atoms with E-state index in [1.54, 1.807) is 6.92 Å². The summed E-state index contributed by atoms with van der Waals surface area (Å²) in [6, 6.07) is 0. The van der Waals surface area contributed by atoms with Crippen molar-refractivity contribution in [2.45, 2.75) is 53.9 Å². The van der Waals surface area contributed by atoms with Crippen molar-refractivity contribution < 1.29 is 4.79 Å². The van der Waals surface area contributed by atoms with Crippen molar-refractivity contribution in [2.75, 3.05) is 6.54 Å². The van der Waals surface area contributed by atoms with Crippen LogP contribution in [0.2, 0.25) is 0 Å². The number of rotatable bonds is 5. The average molecular weight is 217 g/mol. The lowest BCUT2D eigenvalue weighted by atomic mass is 10.2. The second-order valence-corrected chi connectivity index (χ2v) is 2.47. The van der Waals surface area contributed by atoms with Crippen LogP contribution >= 0.6 is 0 Å². The van der Waals surface area contributed by atoms with E-state index < -0.39 is 0 Å². The fourth-order valence-electron chi connectivity index (χ4n) is 0.694. The van der Waals surface area contributed by atoms with Gasteiger partial charge in [0.25, 0.3) is 0 Å². The number of carbonyl (C=O) groups is 1. The molecule has 0 saturated carbocycles. The number of hydrogen-bond donors (Lipinski definition) is 2. The van der Waals surface area contributed by atoms with Gasteiger partial charge in [0, 0.05) is 13.0 Å². The highest BCUT2D eigenvalue weighted by molar-refractivity contribution is 5.76. The summed E-state index contributed by atoms with van der Waals surface area (Å²) in [6.45, 7) is 10.2. The smallest absolute Gasteiger partial charge is 0.185 e. The van der Waals surface area contributed by atoms with Gasteiger partial charge in [0.05, 0.1) is 0 Å². The van der Waals surface area contributed by atoms with Gasteiger partial charge in [-0.05, 0) is 19.8 Å². The Morgan fingerprint density at radius 1 is 1.07 bits per heavy atom. The zero-order valence-electron chi connectivity index (χ0n) is 10.8. The molecule has 0 spiro atoms. The van der Waals surface area contributed by atoms with E-state index in [1.807, 2.05) is 27.7 Å². The molecule has 0 aromatic carbocycles. The maximum absolute atomic E-state index is 10.5. The Morgan fingerprint density at radius 2 is 1.53 bits per heavy atom. The summed E-state index contributed by atoms with van der Waals surface area (Å²) in [5.41, 5.74) is 10.2. The summed E-state index contributed by atoms with van der Waals surface area (Å²) in [6.07, 6.45) is 2.36. The number of nitrogens with two attached hydrogens (primary N) is 2. The van der Waals surface area contributed by atoms with Crippen LogP contribution in [0.1, 0.15) is 53.9 Å². The van der Waals surface area contributed by atoms with E-state index in [0.29, 0.717) is 13.0 Å². The number of ketones is 1. The van der Waals surface area contributed by atoms with Crippen LogP contribution in [0, 0.1) is 0 Å². The highest BCUT2D eigenvalue weighted by Crippen LogP contribution is 1.95. The molecule has 4 N–H and O–H groups in total. The molecule has 0 atom stereocenters. The van der Waals surface area contributed by atoms with Gasteiger partial charge in [-0.15, -0.1) is 0 Å². The molecule has 0 aliphatic carbocycles. The van der Waals surface area contributed by atoms with E-state index in [-0.39, 0.29) is 11.7 Å². The molecule has 15 heavy (non-hydrogen) atoms. The van der Waals surface area contributed by atoms with Crippen molar-refractivity contribution in [1.82, 2.24) is 0 Å². The van der Waals surface area contributed by atoms with E-state index in [0.717, 1.165) is 12.8 Å². The predicted octanol–water partition coefficient (Wildman–Crippen LogP) is 2.07. The number of unbranched alkanes of at least 4 members (excludes halogenated alkanes) is 1. The Kier molecular flexibility index (Phi) is 24.3. The zero-order chi connectivity index (χ0) is 12.7. The molecule has 0 rings (SSSR count). The first-order valence-electron chi connectivity index (χ1n) is 5.67. The number of hydrogen-bond acceptors (Lipinski definition) is 2. The van der Waals surface area contributed by atoms with Crippen molar-refractivity contribution in [1.29, 1.82) is 0 Å². The lowest BCUT2D eigenvalue weighted by Crippen LogP contribution is -2.22. The van der Waals surface area contributed by atoms with Crippen molar-refractivity contribution in [3.63, 3.8) is 0 Å². The minimum absolute atomic E-state index is 0.118. The Hall–Kier alpha value is -1.06. The third-order valence-corrected chi connectivity index (χ3v) is 1.23. The highest BCUT2D eigenvalue weighted by Gasteiger charge is 1.92. The number of aliphatic imine (C=N–C) groups is 1. The molecule has 0 heterocycles. The number of nitrogens with zero attached hydrogens (tertiary/aromatic N) is 1. The van der Waals surface area contributed by atoms with E-state index in [2.05, 4.69) is 4.99 Å². The molecule has 0 radical (unpaired) electrons. The Balaban J connectivity index is -0.000000318. The molecule has 4 nitrogen and oxygen atoms in total. The van der Waals surface area contributed by atoms with Gasteiger partial charge in [0.1, 0.15) is 5.78 Å². The van der Waals surface area contributed by atoms with Crippen LogP contribution in [0.4, 0.5) is 0 Å². The normalized spacial score (nSPS) is 7.53. The van der Waals surface area contributed by atoms with Crippen molar-refractivity contribution in [3.8, 4) is 0 Å². The molecule has 0 aromatic heterocycles. The molecule has 0 fully saturated rings. The van der Waals surface area contributed by atoms with Gasteiger partial charge >= 0.3 is 0 Å². The summed E-state index contributed by atoms with van der Waals surface area (Å²) in [7, 11) is 0. The Morgan fingerprint density at radius 3 is 1.87 bits per heavy atom. The Bertz CT molecular complexity index is 152. The predicted molar refractivity (Wildman–Crippen MR) is 67.9 cm³/mol. The molecular formula is C11H27N3O. The topological polar surface area (TPSA) is 81.5 Å². The number of carbonyl (C=O) groups excluding carboxylic acids is 1. The second kappa shape index (κ2) is 18.7. The summed E-state index contributed by atoms with van der Waals surface area (Å²) in [4.78, 5) is 14.2. The first-order chi connectivity index (χ1) is 7.13. The maximum Gasteiger partial charge on any atom is 0.185 e. The van der Waals surface area contributed by atoms with Crippen LogP contribution in [0.15, 0.2) is 4.99 Å². The molecule has 0 unspecified atom stereocenters. The van der Waals surface area contributed by atoms with Gasteiger partial charge < -0.3 is 16.3 Å². The van der Waals surface area contributed by atoms with E-state index >= 15 is 0 Å². The third kappa shape index (κ3) is 32.2. The van der Waals surface area contributed by atoms with Gasteiger partial charge in [0.15, 0.2) is 5.96 Å². The summed E-state index contributed by atoms with van der Waals surface area (Å²) in [5.74, 6) is 0.336. The van der Waals surface area contributed by atoms with Gasteiger partial charge in [-0.3, -0.25) is 4.99 Å². The zero-order valence-corrected chi connectivity index (χ0v) is 10.8.